The van der Waals surface area contributed by atoms with Crippen molar-refractivity contribution < 1.29 is 31.4 Å². The molecule has 0 spiro atoms. The third kappa shape index (κ3) is 4.45. The van der Waals surface area contributed by atoms with Crippen molar-refractivity contribution in [2.24, 2.45) is 0 Å². The van der Waals surface area contributed by atoms with Gasteiger partial charge in [0.1, 0.15) is 24.8 Å². The lowest BCUT2D eigenvalue weighted by atomic mass is 10.0. The smallest absolute Gasteiger partial charge is 0.201 e. The second-order valence-corrected chi connectivity index (χ2v) is 6.38. The molecule has 31 heavy (non-hydrogen) atoms. The Hall–Kier alpha value is -3.61. The van der Waals surface area contributed by atoms with E-state index in [2.05, 4.69) is 13.2 Å². The first-order valence-corrected chi connectivity index (χ1v) is 9.12. The molecule has 160 valence electrons. The Labute approximate surface area is 175 Å². The van der Waals surface area contributed by atoms with E-state index in [0.29, 0.717) is 5.75 Å². The van der Waals surface area contributed by atoms with E-state index < -0.39 is 45.8 Å². The van der Waals surface area contributed by atoms with Gasteiger partial charge >= 0.3 is 0 Å². The summed E-state index contributed by atoms with van der Waals surface area (Å²) in [6, 6.07) is 8.47. The van der Waals surface area contributed by atoms with Crippen LogP contribution in [0, 0.1) is 17.5 Å². The highest BCUT2D eigenvalue weighted by molar-refractivity contribution is 5.91. The predicted octanol–water partition coefficient (Wildman–Crippen LogP) is 7.15. The van der Waals surface area contributed by atoms with Crippen LogP contribution in [0.5, 0.6) is 11.5 Å². The summed E-state index contributed by atoms with van der Waals surface area (Å²) < 4.78 is 83.3. The molecule has 0 fully saturated rings. The highest BCUT2D eigenvalue weighted by Crippen LogP contribution is 2.36. The number of ether oxygens (including phenoxy) is 2. The summed E-state index contributed by atoms with van der Waals surface area (Å²) in [7, 11) is 0. The molecule has 2 nitrogen and oxygen atoms in total. The molecule has 0 saturated carbocycles. The van der Waals surface area contributed by atoms with Gasteiger partial charge in [-0.15, -0.1) is 0 Å². The summed E-state index contributed by atoms with van der Waals surface area (Å²) in [5, 5.41) is -0.881. The zero-order chi connectivity index (χ0) is 22.5. The third-order valence-corrected chi connectivity index (χ3v) is 4.35. The van der Waals surface area contributed by atoms with Gasteiger partial charge in [-0.3, -0.25) is 0 Å². The lowest BCUT2D eigenvalue weighted by Crippen LogP contribution is -2.01. The molecule has 0 aliphatic heterocycles. The van der Waals surface area contributed by atoms with E-state index in [4.69, 9.17) is 9.47 Å². The average Bonchev–Trinajstić information content (AvgIpc) is 2.78. The van der Waals surface area contributed by atoms with Crippen LogP contribution in [0.3, 0.4) is 0 Å². The van der Waals surface area contributed by atoms with Gasteiger partial charge < -0.3 is 9.47 Å². The van der Waals surface area contributed by atoms with Gasteiger partial charge in [0.25, 0.3) is 0 Å². The number of halogens is 5. The number of fused-ring (bicyclic) bond motifs is 1. The lowest BCUT2D eigenvalue weighted by Gasteiger charge is -2.11. The molecular formula is C24H17F5O2. The molecule has 0 amide bonds. The van der Waals surface area contributed by atoms with Gasteiger partial charge in [0.05, 0.1) is 5.39 Å². The van der Waals surface area contributed by atoms with Gasteiger partial charge in [0.15, 0.2) is 23.2 Å². The van der Waals surface area contributed by atoms with Gasteiger partial charge in [-0.25, -0.2) is 17.6 Å². The second-order valence-electron chi connectivity index (χ2n) is 6.38. The maximum Gasteiger partial charge on any atom is 0.201 e. The van der Waals surface area contributed by atoms with Gasteiger partial charge in [-0.05, 0) is 41.8 Å². The molecule has 0 saturated heterocycles. The molecule has 3 aromatic rings. The van der Waals surface area contributed by atoms with E-state index in [1.807, 2.05) is 0 Å². The van der Waals surface area contributed by atoms with Crippen LogP contribution in [0.25, 0.3) is 22.4 Å². The van der Waals surface area contributed by atoms with Crippen molar-refractivity contribution in [3.63, 3.8) is 0 Å². The summed E-state index contributed by atoms with van der Waals surface area (Å²) in [5.74, 6) is -7.38. The van der Waals surface area contributed by atoms with Crippen LogP contribution in [0.1, 0.15) is 11.1 Å². The molecule has 0 aromatic heterocycles. The lowest BCUT2D eigenvalue weighted by molar-refractivity contribution is 0.334. The maximum absolute atomic E-state index is 14.9. The zero-order valence-corrected chi connectivity index (χ0v) is 16.2. The first kappa shape index (κ1) is 22.1. The van der Waals surface area contributed by atoms with Crippen molar-refractivity contribution in [1.29, 1.82) is 0 Å². The first-order chi connectivity index (χ1) is 14.9. The van der Waals surface area contributed by atoms with Crippen molar-refractivity contribution in [2.45, 2.75) is 0 Å². The Morgan fingerprint density at radius 2 is 1.42 bits per heavy atom. The van der Waals surface area contributed by atoms with Crippen LogP contribution in [0.4, 0.5) is 22.0 Å². The summed E-state index contributed by atoms with van der Waals surface area (Å²) in [4.78, 5) is 0. The molecule has 0 radical (unpaired) electrons. The molecular weight excluding hydrogens is 415 g/mol. The summed E-state index contributed by atoms with van der Waals surface area (Å²) in [6.07, 6.45) is 2.85. The molecule has 7 heteroatoms. The van der Waals surface area contributed by atoms with Crippen molar-refractivity contribution in [3.8, 4) is 11.5 Å². The Kier molecular flexibility index (Phi) is 6.74. The fraction of sp³-hybridized carbons (Fsp3) is 0.0833. The van der Waals surface area contributed by atoms with Crippen LogP contribution in [-0.4, -0.2) is 13.2 Å². The normalized spacial score (nSPS) is 11.8. The molecule has 0 N–H and O–H groups in total. The van der Waals surface area contributed by atoms with Gasteiger partial charge in [-0.2, -0.15) is 4.39 Å². The summed E-state index contributed by atoms with van der Waals surface area (Å²) >= 11 is 0. The van der Waals surface area contributed by atoms with E-state index in [1.54, 1.807) is 0 Å². The SMILES string of the molecule is C=CCOc1ccc(C(F)=C(F)c2ccc3cc(OCC=C)c(F)c(F)c3c2F)cc1. The topological polar surface area (TPSA) is 18.5 Å². The maximum atomic E-state index is 14.9. The molecule has 0 atom stereocenters. The molecule has 0 aliphatic rings. The highest BCUT2D eigenvalue weighted by Gasteiger charge is 2.23. The Morgan fingerprint density at radius 1 is 0.774 bits per heavy atom. The fourth-order valence-corrected chi connectivity index (χ4v) is 2.88. The second kappa shape index (κ2) is 9.47. The van der Waals surface area contributed by atoms with Crippen molar-refractivity contribution in [1.82, 2.24) is 0 Å². The number of hydrogen-bond acceptors (Lipinski definition) is 2. The Bertz CT molecular complexity index is 1170. The van der Waals surface area contributed by atoms with Crippen LogP contribution in [0.2, 0.25) is 0 Å². The molecule has 0 unspecified atom stereocenters. The predicted molar refractivity (Wildman–Crippen MR) is 111 cm³/mol. The summed E-state index contributed by atoms with van der Waals surface area (Å²) in [5.41, 5.74) is -1.02. The molecule has 0 bridgehead atoms. The average molecular weight is 432 g/mol. The van der Waals surface area contributed by atoms with Gasteiger partial charge in [-0.1, -0.05) is 31.4 Å². The molecule has 3 aromatic carbocycles. The molecule has 0 heterocycles. The number of rotatable bonds is 8. The van der Waals surface area contributed by atoms with Gasteiger partial charge in [0, 0.05) is 11.1 Å². The first-order valence-electron chi connectivity index (χ1n) is 9.12. The Balaban J connectivity index is 2.05. The highest BCUT2D eigenvalue weighted by atomic mass is 19.2. The third-order valence-electron chi connectivity index (χ3n) is 4.35. The van der Waals surface area contributed by atoms with Crippen LogP contribution >= 0.6 is 0 Å². The van der Waals surface area contributed by atoms with E-state index in [-0.39, 0.29) is 24.2 Å². The quantitative estimate of drug-likeness (QED) is 0.214. The van der Waals surface area contributed by atoms with E-state index >= 15 is 0 Å². The minimum Gasteiger partial charge on any atom is -0.490 e. The van der Waals surface area contributed by atoms with Crippen LogP contribution in [-0.2, 0) is 0 Å². The van der Waals surface area contributed by atoms with E-state index in [1.165, 1.54) is 36.4 Å². The van der Waals surface area contributed by atoms with Crippen LogP contribution < -0.4 is 9.47 Å². The standard InChI is InChI=1S/C24H17F5O2/c1-3-11-30-16-8-5-14(6-9-16)20(25)22(27)17-10-7-15-13-18(31-12-4-2)23(28)24(29)19(15)21(17)26/h3-10,13H,1-2,11-12H2. The van der Waals surface area contributed by atoms with Crippen molar-refractivity contribution in [3.05, 3.63) is 96.4 Å². The minimum atomic E-state index is -1.56. The van der Waals surface area contributed by atoms with Gasteiger partial charge in [0.2, 0.25) is 5.82 Å². The number of hydrogen-bond donors (Lipinski definition) is 0. The fourth-order valence-electron chi connectivity index (χ4n) is 2.88. The van der Waals surface area contributed by atoms with Crippen molar-refractivity contribution >= 4 is 22.4 Å². The van der Waals surface area contributed by atoms with E-state index in [0.717, 1.165) is 18.2 Å². The zero-order valence-electron chi connectivity index (χ0n) is 16.2. The largest absolute Gasteiger partial charge is 0.490 e. The molecule has 0 aliphatic carbocycles. The van der Waals surface area contributed by atoms with Crippen molar-refractivity contribution in [2.75, 3.05) is 13.2 Å². The number of benzene rings is 3. The van der Waals surface area contributed by atoms with E-state index in [9.17, 15) is 22.0 Å². The van der Waals surface area contributed by atoms with Crippen LogP contribution in [0.15, 0.2) is 67.8 Å². The Morgan fingerprint density at radius 3 is 2.06 bits per heavy atom. The molecule has 3 rings (SSSR count). The minimum absolute atomic E-state index is 0.0730. The monoisotopic (exact) mass is 432 g/mol. The summed E-state index contributed by atoms with van der Waals surface area (Å²) in [6.45, 7) is 7.04.